The lowest BCUT2D eigenvalue weighted by Crippen LogP contribution is -2.44. The molecule has 0 bridgehead atoms. The van der Waals surface area contributed by atoms with Crippen LogP contribution in [0.15, 0.2) is 27.4 Å². The van der Waals surface area contributed by atoms with E-state index in [2.05, 4.69) is 5.32 Å². The van der Waals surface area contributed by atoms with Gasteiger partial charge >= 0.3 is 11.6 Å². The van der Waals surface area contributed by atoms with E-state index < -0.39 is 24.0 Å². The Balaban J connectivity index is 1.81. The maximum atomic E-state index is 12.0. The van der Waals surface area contributed by atoms with Crippen molar-refractivity contribution < 1.29 is 23.8 Å². The molecule has 0 saturated heterocycles. The summed E-state index contributed by atoms with van der Waals surface area (Å²) in [6, 6.07) is 4.11. The lowest BCUT2D eigenvalue weighted by Gasteiger charge is -2.17. The van der Waals surface area contributed by atoms with Crippen LogP contribution in [0, 0.1) is 0 Å². The van der Waals surface area contributed by atoms with Gasteiger partial charge < -0.3 is 19.6 Å². The van der Waals surface area contributed by atoms with E-state index in [0.29, 0.717) is 11.3 Å². The van der Waals surface area contributed by atoms with Gasteiger partial charge in [-0.15, -0.1) is 0 Å². The zero-order chi connectivity index (χ0) is 18.1. The van der Waals surface area contributed by atoms with Crippen LogP contribution in [-0.2, 0) is 22.4 Å². The van der Waals surface area contributed by atoms with Crippen molar-refractivity contribution in [1.29, 1.82) is 0 Å². The molecule has 7 nitrogen and oxygen atoms in total. The zero-order valence-electron chi connectivity index (χ0n) is 14.0. The number of aliphatic carboxylic acids is 1. The third-order valence-electron chi connectivity index (χ3n) is 4.36. The van der Waals surface area contributed by atoms with Crippen LogP contribution < -0.4 is 15.7 Å². The largest absolute Gasteiger partial charge is 0.481 e. The third kappa shape index (κ3) is 3.35. The second-order valence-electron chi connectivity index (χ2n) is 6.19. The molecule has 0 aliphatic heterocycles. The fourth-order valence-electron chi connectivity index (χ4n) is 2.99. The molecule has 3 rings (SSSR count). The predicted octanol–water partition coefficient (Wildman–Crippen LogP) is 1.64. The first kappa shape index (κ1) is 17.0. The van der Waals surface area contributed by atoms with Gasteiger partial charge in [0.25, 0.3) is 5.91 Å². The van der Waals surface area contributed by atoms with Crippen molar-refractivity contribution in [3.05, 3.63) is 39.7 Å². The fraction of sp³-hybridized carbons (Fsp3) is 0.389. The number of fused-ring (bicyclic) bond motifs is 3. The quantitative estimate of drug-likeness (QED) is 0.798. The van der Waals surface area contributed by atoms with E-state index in [1.165, 1.54) is 13.8 Å². The number of hydrogen-bond acceptors (Lipinski definition) is 5. The maximum absolute atomic E-state index is 12.0. The number of amides is 1. The molecule has 0 saturated carbocycles. The lowest BCUT2D eigenvalue weighted by molar-refractivity contribution is -0.142. The number of carboxylic acids is 1. The van der Waals surface area contributed by atoms with E-state index in [-0.39, 0.29) is 5.63 Å². The van der Waals surface area contributed by atoms with E-state index in [0.717, 1.165) is 35.8 Å². The summed E-state index contributed by atoms with van der Waals surface area (Å²) in [4.78, 5) is 34.8. The van der Waals surface area contributed by atoms with E-state index >= 15 is 0 Å². The average molecular weight is 345 g/mol. The van der Waals surface area contributed by atoms with Crippen molar-refractivity contribution in [3.63, 3.8) is 0 Å². The summed E-state index contributed by atoms with van der Waals surface area (Å²) in [6.45, 7) is 2.89. The molecule has 1 aromatic heterocycles. The highest BCUT2D eigenvalue weighted by Gasteiger charge is 2.22. The highest BCUT2D eigenvalue weighted by Crippen LogP contribution is 2.29. The highest BCUT2D eigenvalue weighted by atomic mass is 16.5. The summed E-state index contributed by atoms with van der Waals surface area (Å²) in [6.07, 6.45) is 1.64. The fourth-order valence-corrected chi connectivity index (χ4v) is 2.99. The van der Waals surface area contributed by atoms with E-state index in [4.69, 9.17) is 14.3 Å². The first-order valence-electron chi connectivity index (χ1n) is 8.15. The van der Waals surface area contributed by atoms with Gasteiger partial charge in [-0.1, -0.05) is 0 Å². The van der Waals surface area contributed by atoms with Crippen LogP contribution in [0.4, 0.5) is 0 Å². The minimum atomic E-state index is -1.12. The Morgan fingerprint density at radius 1 is 1.24 bits per heavy atom. The first-order chi connectivity index (χ1) is 11.9. The Bertz CT molecular complexity index is 900. The number of ether oxygens (including phenoxy) is 1. The lowest BCUT2D eigenvalue weighted by atomic mass is 10.1. The van der Waals surface area contributed by atoms with Crippen molar-refractivity contribution in [2.45, 2.75) is 45.3 Å². The topological polar surface area (TPSA) is 106 Å². The molecule has 1 aromatic carbocycles. The molecule has 132 valence electrons. The van der Waals surface area contributed by atoms with Crippen LogP contribution >= 0.6 is 0 Å². The van der Waals surface area contributed by atoms with E-state index in [9.17, 15) is 14.4 Å². The summed E-state index contributed by atoms with van der Waals surface area (Å²) in [7, 11) is 0. The van der Waals surface area contributed by atoms with Crippen LogP contribution in [0.1, 0.15) is 31.4 Å². The standard InChI is InChI=1S/C18H19NO6/c1-9(17(21)22)19-16(20)10(2)24-11-6-7-13-12-4-3-5-14(12)18(23)25-15(13)8-11/h6-10H,3-5H2,1-2H3,(H,19,20)(H,21,22)/t9-,10+/m1/s1. The van der Waals surface area contributed by atoms with Crippen LogP contribution in [0.25, 0.3) is 11.0 Å². The van der Waals surface area contributed by atoms with Gasteiger partial charge in [0.2, 0.25) is 0 Å². The Kier molecular flexibility index (Phi) is 4.48. The van der Waals surface area contributed by atoms with Gasteiger partial charge in [-0.3, -0.25) is 9.59 Å². The molecule has 2 N–H and O–H groups in total. The van der Waals surface area contributed by atoms with E-state index in [1.54, 1.807) is 12.1 Å². The van der Waals surface area contributed by atoms with Gasteiger partial charge in [-0.05, 0) is 50.8 Å². The monoisotopic (exact) mass is 345 g/mol. The van der Waals surface area contributed by atoms with Crippen LogP contribution in [0.3, 0.4) is 0 Å². The molecule has 25 heavy (non-hydrogen) atoms. The van der Waals surface area contributed by atoms with Crippen LogP contribution in [-0.4, -0.2) is 29.1 Å². The zero-order valence-corrected chi connectivity index (χ0v) is 14.0. The molecule has 0 spiro atoms. The van der Waals surface area contributed by atoms with Gasteiger partial charge in [0.1, 0.15) is 17.4 Å². The molecule has 1 amide bonds. The minimum Gasteiger partial charge on any atom is -0.481 e. The molecule has 7 heteroatoms. The maximum Gasteiger partial charge on any atom is 0.339 e. The molecule has 1 heterocycles. The van der Waals surface area contributed by atoms with Crippen molar-refractivity contribution in [2.24, 2.45) is 0 Å². The van der Waals surface area contributed by atoms with Gasteiger partial charge in [0.05, 0.1) is 0 Å². The number of carbonyl (C=O) groups is 2. The highest BCUT2D eigenvalue weighted by molar-refractivity contribution is 5.86. The number of nitrogens with one attached hydrogen (secondary N) is 1. The molecular formula is C18H19NO6. The summed E-state index contributed by atoms with van der Waals surface area (Å²) < 4.78 is 10.9. The molecule has 2 atom stereocenters. The number of aryl methyl sites for hydroxylation is 1. The number of rotatable bonds is 5. The Hall–Kier alpha value is -2.83. The second-order valence-corrected chi connectivity index (χ2v) is 6.19. The molecule has 1 aliphatic rings. The predicted molar refractivity (Wildman–Crippen MR) is 89.8 cm³/mol. The molecule has 1 aliphatic carbocycles. The summed E-state index contributed by atoms with van der Waals surface area (Å²) in [5.41, 5.74) is 1.88. The molecular weight excluding hydrogens is 326 g/mol. The molecule has 0 radical (unpaired) electrons. The van der Waals surface area contributed by atoms with Gasteiger partial charge in [-0.25, -0.2) is 4.79 Å². The number of carbonyl (C=O) groups excluding carboxylic acids is 1. The number of benzene rings is 1. The number of hydrogen-bond donors (Lipinski definition) is 2. The Labute approximate surface area is 143 Å². The average Bonchev–Trinajstić information content (AvgIpc) is 3.05. The Morgan fingerprint density at radius 2 is 1.96 bits per heavy atom. The van der Waals surface area contributed by atoms with Crippen molar-refractivity contribution >= 4 is 22.8 Å². The molecule has 2 aromatic rings. The Morgan fingerprint density at radius 3 is 2.68 bits per heavy atom. The van der Waals surface area contributed by atoms with Crippen molar-refractivity contribution in [1.82, 2.24) is 5.32 Å². The molecule has 0 unspecified atom stereocenters. The first-order valence-corrected chi connectivity index (χ1v) is 8.15. The van der Waals surface area contributed by atoms with Crippen molar-refractivity contribution in [2.75, 3.05) is 0 Å². The minimum absolute atomic E-state index is 0.321. The van der Waals surface area contributed by atoms with Gasteiger partial charge in [-0.2, -0.15) is 0 Å². The normalized spacial score (nSPS) is 15.4. The SMILES string of the molecule is C[C@H](Oc1ccc2c3c(c(=O)oc2c1)CCC3)C(=O)N[C@H](C)C(=O)O. The van der Waals surface area contributed by atoms with Crippen molar-refractivity contribution in [3.8, 4) is 5.75 Å². The third-order valence-corrected chi connectivity index (χ3v) is 4.36. The summed E-state index contributed by atoms with van der Waals surface area (Å²) >= 11 is 0. The summed E-state index contributed by atoms with van der Waals surface area (Å²) in [5, 5.41) is 12.1. The van der Waals surface area contributed by atoms with Gasteiger partial charge in [0, 0.05) is 17.0 Å². The number of carboxylic acid groups (broad SMARTS) is 1. The smallest absolute Gasteiger partial charge is 0.339 e. The van der Waals surface area contributed by atoms with Gasteiger partial charge in [0.15, 0.2) is 6.10 Å². The second kappa shape index (κ2) is 6.58. The van der Waals surface area contributed by atoms with Crippen LogP contribution in [0.2, 0.25) is 0 Å². The van der Waals surface area contributed by atoms with E-state index in [1.807, 2.05) is 6.07 Å². The summed E-state index contributed by atoms with van der Waals surface area (Å²) in [5.74, 6) is -1.29. The molecule has 0 fully saturated rings. The van der Waals surface area contributed by atoms with Crippen LogP contribution in [0.5, 0.6) is 5.75 Å².